The molecule has 1 aliphatic rings. The molecule has 1 aliphatic carbocycles. The first-order chi connectivity index (χ1) is 10.2. The Morgan fingerprint density at radius 2 is 1.76 bits per heavy atom. The fourth-order valence-corrected chi connectivity index (χ4v) is 3.71. The van der Waals surface area contributed by atoms with Gasteiger partial charge in [-0.1, -0.05) is 44.2 Å². The molecule has 1 saturated carbocycles. The van der Waals surface area contributed by atoms with E-state index in [2.05, 4.69) is 61.6 Å². The van der Waals surface area contributed by atoms with E-state index in [0.29, 0.717) is 12.0 Å². The summed E-state index contributed by atoms with van der Waals surface area (Å²) in [6.07, 6.45) is 2.70. The second-order valence-electron chi connectivity index (χ2n) is 6.54. The predicted octanol–water partition coefficient (Wildman–Crippen LogP) is 4.24. The quantitative estimate of drug-likeness (QED) is 0.909. The minimum absolute atomic E-state index is 0.257. The number of benzene rings is 2. The lowest BCUT2D eigenvalue weighted by Gasteiger charge is -2.39. The van der Waals surface area contributed by atoms with Gasteiger partial charge in [-0.25, -0.2) is 0 Å². The maximum Gasteiger partial charge on any atom is 0.120 e. The van der Waals surface area contributed by atoms with Crippen molar-refractivity contribution in [3.05, 3.63) is 42.5 Å². The van der Waals surface area contributed by atoms with Crippen molar-refractivity contribution in [1.29, 1.82) is 0 Å². The van der Waals surface area contributed by atoms with Crippen LogP contribution in [0.2, 0.25) is 0 Å². The zero-order valence-electron chi connectivity index (χ0n) is 13.2. The van der Waals surface area contributed by atoms with Gasteiger partial charge in [0, 0.05) is 6.04 Å². The Bertz CT molecular complexity index is 609. The molecular weight excluding hydrogens is 258 g/mol. The van der Waals surface area contributed by atoms with Crippen LogP contribution in [0.4, 0.5) is 0 Å². The van der Waals surface area contributed by atoms with Crippen LogP contribution < -0.4 is 10.1 Å². The molecule has 3 rings (SSSR count). The monoisotopic (exact) mass is 283 g/mol. The highest BCUT2D eigenvalue weighted by atomic mass is 16.5. The largest absolute Gasteiger partial charge is 0.489 e. The Labute approximate surface area is 127 Å². The van der Waals surface area contributed by atoms with Gasteiger partial charge >= 0.3 is 0 Å². The van der Waals surface area contributed by atoms with Gasteiger partial charge in [-0.15, -0.1) is 0 Å². The van der Waals surface area contributed by atoms with E-state index in [4.69, 9.17) is 4.74 Å². The van der Waals surface area contributed by atoms with Gasteiger partial charge in [0.05, 0.1) is 0 Å². The molecule has 1 N–H and O–H groups in total. The highest BCUT2D eigenvalue weighted by Gasteiger charge is 2.34. The van der Waals surface area contributed by atoms with E-state index in [9.17, 15) is 0 Å². The molecule has 0 saturated heterocycles. The molecule has 2 nitrogen and oxygen atoms in total. The third-order valence-electron chi connectivity index (χ3n) is 4.75. The van der Waals surface area contributed by atoms with Gasteiger partial charge in [-0.3, -0.25) is 0 Å². The van der Waals surface area contributed by atoms with Gasteiger partial charge < -0.3 is 10.1 Å². The number of rotatable bonds is 3. The minimum Gasteiger partial charge on any atom is -0.489 e. The van der Waals surface area contributed by atoms with Gasteiger partial charge in [0.15, 0.2) is 0 Å². The van der Waals surface area contributed by atoms with Crippen LogP contribution in [0.1, 0.15) is 26.7 Å². The number of nitrogens with one attached hydrogen (secondary N) is 1. The Balaban J connectivity index is 1.82. The molecule has 21 heavy (non-hydrogen) atoms. The van der Waals surface area contributed by atoms with E-state index in [1.165, 1.54) is 23.6 Å². The van der Waals surface area contributed by atoms with Gasteiger partial charge in [-0.05, 0) is 54.6 Å². The molecule has 4 unspecified atom stereocenters. The summed E-state index contributed by atoms with van der Waals surface area (Å²) in [6, 6.07) is 15.3. The first kappa shape index (κ1) is 14.4. The molecule has 2 aromatic carbocycles. The number of hydrogen-bond acceptors (Lipinski definition) is 2. The summed E-state index contributed by atoms with van der Waals surface area (Å²) in [4.78, 5) is 0. The van der Waals surface area contributed by atoms with E-state index in [0.717, 1.165) is 11.7 Å². The summed E-state index contributed by atoms with van der Waals surface area (Å²) in [5.41, 5.74) is 0. The van der Waals surface area contributed by atoms with Gasteiger partial charge in [0.1, 0.15) is 11.9 Å². The lowest BCUT2D eigenvalue weighted by molar-refractivity contribution is 0.0508. The minimum atomic E-state index is 0.257. The van der Waals surface area contributed by atoms with Crippen molar-refractivity contribution < 1.29 is 4.74 Å². The molecule has 0 aliphatic heterocycles. The SMILES string of the molecule is CNC1CC(C)CC(C)C1Oc1ccc2ccccc2c1. The fraction of sp³-hybridized carbons (Fsp3) is 0.474. The first-order valence-corrected chi connectivity index (χ1v) is 8.00. The highest BCUT2D eigenvalue weighted by Crippen LogP contribution is 2.32. The molecule has 4 atom stereocenters. The lowest BCUT2D eigenvalue weighted by Crippen LogP contribution is -2.49. The summed E-state index contributed by atoms with van der Waals surface area (Å²) in [6.45, 7) is 4.65. The maximum absolute atomic E-state index is 6.37. The summed E-state index contributed by atoms with van der Waals surface area (Å²) in [5.74, 6) is 2.34. The van der Waals surface area contributed by atoms with E-state index >= 15 is 0 Å². The summed E-state index contributed by atoms with van der Waals surface area (Å²) in [5, 5.41) is 5.95. The topological polar surface area (TPSA) is 21.3 Å². The van der Waals surface area contributed by atoms with Gasteiger partial charge in [0.2, 0.25) is 0 Å². The average molecular weight is 283 g/mol. The second-order valence-corrected chi connectivity index (χ2v) is 6.54. The lowest BCUT2D eigenvalue weighted by atomic mass is 9.78. The van der Waals surface area contributed by atoms with Crippen molar-refractivity contribution >= 4 is 10.8 Å². The molecule has 0 heterocycles. The Hall–Kier alpha value is -1.54. The molecule has 0 aromatic heterocycles. The molecule has 0 radical (unpaired) electrons. The molecular formula is C19H25NO. The van der Waals surface area contributed by atoms with Crippen molar-refractivity contribution in [1.82, 2.24) is 5.32 Å². The zero-order valence-corrected chi connectivity index (χ0v) is 13.2. The van der Waals surface area contributed by atoms with E-state index < -0.39 is 0 Å². The molecule has 0 spiro atoms. The van der Waals surface area contributed by atoms with Crippen molar-refractivity contribution in [2.24, 2.45) is 11.8 Å². The number of fused-ring (bicyclic) bond motifs is 1. The highest BCUT2D eigenvalue weighted by molar-refractivity contribution is 5.83. The van der Waals surface area contributed by atoms with Crippen molar-refractivity contribution in [2.45, 2.75) is 38.8 Å². The second kappa shape index (κ2) is 6.07. The van der Waals surface area contributed by atoms with Crippen LogP contribution >= 0.6 is 0 Å². The zero-order chi connectivity index (χ0) is 14.8. The summed E-state index contributed by atoms with van der Waals surface area (Å²) in [7, 11) is 2.05. The Morgan fingerprint density at radius 1 is 1.00 bits per heavy atom. The average Bonchev–Trinajstić information content (AvgIpc) is 2.49. The van der Waals surface area contributed by atoms with E-state index in [1.54, 1.807) is 0 Å². The molecule has 0 amide bonds. The number of hydrogen-bond donors (Lipinski definition) is 1. The molecule has 2 aromatic rings. The third kappa shape index (κ3) is 3.06. The van der Waals surface area contributed by atoms with Crippen molar-refractivity contribution in [3.63, 3.8) is 0 Å². The van der Waals surface area contributed by atoms with Crippen LogP contribution in [-0.2, 0) is 0 Å². The maximum atomic E-state index is 6.37. The molecule has 1 fully saturated rings. The van der Waals surface area contributed by atoms with Crippen LogP contribution in [0.3, 0.4) is 0 Å². The molecule has 2 heteroatoms. The predicted molar refractivity (Wildman–Crippen MR) is 88.8 cm³/mol. The first-order valence-electron chi connectivity index (χ1n) is 8.00. The standard InChI is InChI=1S/C19H25NO/c1-13-10-14(2)19(18(11-13)20-3)21-17-9-8-15-6-4-5-7-16(15)12-17/h4-9,12-14,18-20H,10-11H2,1-3H3. The summed E-state index contributed by atoms with van der Waals surface area (Å²) >= 11 is 0. The van der Waals surface area contributed by atoms with Gasteiger partial charge in [-0.2, -0.15) is 0 Å². The number of ether oxygens (including phenoxy) is 1. The third-order valence-corrected chi connectivity index (χ3v) is 4.75. The smallest absolute Gasteiger partial charge is 0.120 e. The molecule has 0 bridgehead atoms. The van der Waals surface area contributed by atoms with Gasteiger partial charge in [0.25, 0.3) is 0 Å². The summed E-state index contributed by atoms with van der Waals surface area (Å²) < 4.78 is 6.37. The van der Waals surface area contributed by atoms with E-state index in [1.807, 2.05) is 7.05 Å². The van der Waals surface area contributed by atoms with Crippen molar-refractivity contribution in [3.8, 4) is 5.75 Å². The van der Waals surface area contributed by atoms with Crippen LogP contribution in [0.5, 0.6) is 5.75 Å². The Kier molecular flexibility index (Phi) is 4.16. The van der Waals surface area contributed by atoms with E-state index in [-0.39, 0.29) is 6.10 Å². The molecule has 112 valence electrons. The Morgan fingerprint density at radius 3 is 2.52 bits per heavy atom. The van der Waals surface area contributed by atoms with Crippen LogP contribution in [0, 0.1) is 11.8 Å². The van der Waals surface area contributed by atoms with Crippen LogP contribution in [-0.4, -0.2) is 19.2 Å². The van der Waals surface area contributed by atoms with Crippen molar-refractivity contribution in [2.75, 3.05) is 7.05 Å². The van der Waals surface area contributed by atoms with Crippen LogP contribution in [0.15, 0.2) is 42.5 Å². The fourth-order valence-electron chi connectivity index (χ4n) is 3.71. The normalized spacial score (nSPS) is 29.5. The number of likely N-dealkylation sites (N-methyl/N-ethyl adjacent to an activating group) is 1. The van der Waals surface area contributed by atoms with Crippen LogP contribution in [0.25, 0.3) is 10.8 Å².